The zero-order valence-corrected chi connectivity index (χ0v) is 15.2. The molecule has 1 aromatic carbocycles. The molecule has 24 heavy (non-hydrogen) atoms. The van der Waals surface area contributed by atoms with Crippen LogP contribution in [0.5, 0.6) is 5.88 Å². The van der Waals surface area contributed by atoms with Gasteiger partial charge < -0.3 is 9.47 Å². The van der Waals surface area contributed by atoms with Crippen LogP contribution in [0.1, 0.15) is 27.0 Å². The van der Waals surface area contributed by atoms with Crippen molar-refractivity contribution in [2.75, 3.05) is 13.7 Å². The van der Waals surface area contributed by atoms with Gasteiger partial charge in [0.15, 0.2) is 6.61 Å². The lowest BCUT2D eigenvalue weighted by atomic mass is 10.0. The highest BCUT2D eigenvalue weighted by atomic mass is 35.5. The van der Waals surface area contributed by atoms with Crippen LogP contribution in [0, 0.1) is 13.8 Å². The number of nitrogens with zero attached hydrogens (tertiary/aromatic N) is 2. The molecular formula is C16H16Cl2N2O4. The van der Waals surface area contributed by atoms with Crippen LogP contribution in [0.2, 0.25) is 10.0 Å². The fourth-order valence-corrected chi connectivity index (χ4v) is 2.62. The molecule has 1 heterocycles. The van der Waals surface area contributed by atoms with Crippen LogP contribution in [0.15, 0.2) is 12.3 Å². The van der Waals surface area contributed by atoms with E-state index in [0.29, 0.717) is 16.1 Å². The van der Waals surface area contributed by atoms with Gasteiger partial charge in [0.25, 0.3) is 0 Å². The highest BCUT2D eigenvalue weighted by Crippen LogP contribution is 2.33. The minimum absolute atomic E-state index is 0.159. The molecule has 0 amide bonds. The monoisotopic (exact) mass is 370 g/mol. The molecule has 0 radical (unpaired) electrons. The van der Waals surface area contributed by atoms with Gasteiger partial charge in [-0.3, -0.25) is 4.79 Å². The van der Waals surface area contributed by atoms with Gasteiger partial charge in [-0.05, 0) is 31.0 Å². The minimum Gasteiger partial charge on any atom is -0.466 e. The number of esters is 1. The second-order valence-corrected chi connectivity index (χ2v) is 5.93. The van der Waals surface area contributed by atoms with Crippen LogP contribution >= 0.6 is 23.2 Å². The number of carbonyl (C=O) groups is 2. The van der Waals surface area contributed by atoms with E-state index in [4.69, 9.17) is 27.9 Å². The Morgan fingerprint density at radius 3 is 2.50 bits per heavy atom. The Labute approximate surface area is 149 Å². The topological polar surface area (TPSA) is 70.4 Å². The van der Waals surface area contributed by atoms with E-state index >= 15 is 0 Å². The molecule has 0 atom stereocenters. The lowest BCUT2D eigenvalue weighted by Gasteiger charge is -2.11. The summed E-state index contributed by atoms with van der Waals surface area (Å²) in [5, 5.41) is 4.80. The summed E-state index contributed by atoms with van der Waals surface area (Å²) in [5.74, 6) is -0.770. The number of halogens is 2. The molecule has 1 aromatic heterocycles. The van der Waals surface area contributed by atoms with Crippen LogP contribution in [0.25, 0.3) is 0 Å². The molecule has 0 aliphatic carbocycles. The van der Waals surface area contributed by atoms with Crippen molar-refractivity contribution in [1.29, 1.82) is 0 Å². The summed E-state index contributed by atoms with van der Waals surface area (Å²) in [6, 6.07) is 1.62. The molecule has 0 bridgehead atoms. The summed E-state index contributed by atoms with van der Waals surface area (Å²) in [6.07, 6.45) is 1.37. The molecule has 0 aliphatic rings. The van der Waals surface area contributed by atoms with Crippen molar-refractivity contribution in [3.05, 3.63) is 44.6 Å². The van der Waals surface area contributed by atoms with Crippen molar-refractivity contribution in [3.63, 3.8) is 0 Å². The van der Waals surface area contributed by atoms with E-state index in [0.717, 1.165) is 5.56 Å². The average molecular weight is 371 g/mol. The second-order valence-electron chi connectivity index (χ2n) is 5.17. The van der Waals surface area contributed by atoms with Gasteiger partial charge in [-0.1, -0.05) is 23.2 Å². The van der Waals surface area contributed by atoms with Gasteiger partial charge in [-0.15, -0.1) is 0 Å². The van der Waals surface area contributed by atoms with Crippen molar-refractivity contribution in [2.24, 2.45) is 7.05 Å². The van der Waals surface area contributed by atoms with Crippen LogP contribution < -0.4 is 4.74 Å². The minimum atomic E-state index is -0.564. The number of methoxy groups -OCH3 is 1. The van der Waals surface area contributed by atoms with Gasteiger partial charge in [0.1, 0.15) is 5.56 Å². The third-order valence-corrected chi connectivity index (χ3v) is 4.60. The Morgan fingerprint density at radius 1 is 1.21 bits per heavy atom. The lowest BCUT2D eigenvalue weighted by Crippen LogP contribution is -2.16. The zero-order chi connectivity index (χ0) is 18.0. The third kappa shape index (κ3) is 3.39. The molecule has 0 spiro atoms. The average Bonchev–Trinajstić information content (AvgIpc) is 2.94. The molecule has 6 nitrogen and oxygen atoms in total. The van der Waals surface area contributed by atoms with Gasteiger partial charge in [0.2, 0.25) is 11.7 Å². The Hall–Kier alpha value is -2.05. The molecule has 0 fully saturated rings. The predicted molar refractivity (Wildman–Crippen MR) is 90.1 cm³/mol. The first-order valence-corrected chi connectivity index (χ1v) is 7.75. The van der Waals surface area contributed by atoms with Crippen LogP contribution in [0.4, 0.5) is 0 Å². The van der Waals surface area contributed by atoms with Crippen molar-refractivity contribution >= 4 is 35.0 Å². The first kappa shape index (κ1) is 18.3. The van der Waals surface area contributed by atoms with E-state index in [-0.39, 0.29) is 28.9 Å². The summed E-state index contributed by atoms with van der Waals surface area (Å²) in [7, 11) is 2.85. The fraction of sp³-hybridized carbons (Fsp3) is 0.312. The quantitative estimate of drug-likeness (QED) is 0.597. The first-order chi connectivity index (χ1) is 11.3. The van der Waals surface area contributed by atoms with E-state index in [1.165, 1.54) is 18.0 Å². The normalized spacial score (nSPS) is 10.6. The Bertz CT molecular complexity index is 815. The van der Waals surface area contributed by atoms with E-state index in [9.17, 15) is 9.59 Å². The van der Waals surface area contributed by atoms with Gasteiger partial charge >= 0.3 is 5.97 Å². The SMILES string of the molecule is COC(=O)COc1c(C(=O)c2cc(C)c(Cl)c(C)c2Cl)cnn1C. The summed E-state index contributed by atoms with van der Waals surface area (Å²) in [5.41, 5.74) is 1.86. The number of carbonyl (C=O) groups excluding carboxylic acids is 2. The van der Waals surface area contributed by atoms with Crippen molar-refractivity contribution in [1.82, 2.24) is 9.78 Å². The third-order valence-electron chi connectivity index (χ3n) is 3.53. The maximum atomic E-state index is 12.9. The molecule has 0 N–H and O–H groups in total. The first-order valence-electron chi connectivity index (χ1n) is 6.99. The predicted octanol–water partition coefficient (Wildman–Crippen LogP) is 3.13. The molecular weight excluding hydrogens is 355 g/mol. The Balaban J connectivity index is 2.43. The number of benzene rings is 1. The smallest absolute Gasteiger partial charge is 0.343 e. The van der Waals surface area contributed by atoms with Crippen molar-refractivity contribution < 1.29 is 19.1 Å². The Kier molecular flexibility index (Phi) is 5.51. The van der Waals surface area contributed by atoms with E-state index in [1.54, 1.807) is 27.0 Å². The molecule has 2 aromatic rings. The highest BCUT2D eigenvalue weighted by Gasteiger charge is 2.24. The van der Waals surface area contributed by atoms with Crippen molar-refractivity contribution in [3.8, 4) is 5.88 Å². The van der Waals surface area contributed by atoms with Crippen LogP contribution in [-0.4, -0.2) is 35.2 Å². The van der Waals surface area contributed by atoms with Crippen LogP contribution in [-0.2, 0) is 16.6 Å². The van der Waals surface area contributed by atoms with E-state index in [1.807, 2.05) is 0 Å². The van der Waals surface area contributed by atoms with Crippen molar-refractivity contribution in [2.45, 2.75) is 13.8 Å². The zero-order valence-electron chi connectivity index (χ0n) is 13.6. The summed E-state index contributed by atoms with van der Waals surface area (Å²) >= 11 is 12.4. The summed E-state index contributed by atoms with van der Waals surface area (Å²) < 4.78 is 11.2. The standard InChI is InChI=1S/C16H16Cl2N2O4/c1-8-5-10(14(18)9(2)13(8)17)15(22)11-6-19-20(3)16(11)24-7-12(21)23-4/h5-6H,7H2,1-4H3. The number of hydrogen-bond donors (Lipinski definition) is 0. The van der Waals surface area contributed by atoms with E-state index in [2.05, 4.69) is 9.84 Å². The van der Waals surface area contributed by atoms with Gasteiger partial charge in [-0.2, -0.15) is 5.10 Å². The van der Waals surface area contributed by atoms with Gasteiger partial charge in [0, 0.05) is 17.6 Å². The number of aryl methyl sites for hydroxylation is 2. The van der Waals surface area contributed by atoms with E-state index < -0.39 is 5.97 Å². The molecule has 128 valence electrons. The number of rotatable bonds is 5. The largest absolute Gasteiger partial charge is 0.466 e. The molecule has 0 saturated heterocycles. The fourth-order valence-electron chi connectivity index (χ4n) is 2.19. The number of hydrogen-bond acceptors (Lipinski definition) is 5. The number of ether oxygens (including phenoxy) is 2. The Morgan fingerprint density at radius 2 is 1.88 bits per heavy atom. The maximum Gasteiger partial charge on any atom is 0.343 e. The summed E-state index contributed by atoms with van der Waals surface area (Å²) in [4.78, 5) is 24.1. The summed E-state index contributed by atoms with van der Waals surface area (Å²) in [6.45, 7) is 3.20. The molecule has 8 heteroatoms. The number of ketones is 1. The second kappa shape index (κ2) is 7.23. The maximum absolute atomic E-state index is 12.9. The highest BCUT2D eigenvalue weighted by molar-refractivity contribution is 6.39. The van der Waals surface area contributed by atoms with Crippen LogP contribution in [0.3, 0.4) is 0 Å². The molecule has 0 unspecified atom stereocenters. The number of aromatic nitrogens is 2. The van der Waals surface area contributed by atoms with Gasteiger partial charge in [-0.25, -0.2) is 9.48 Å². The van der Waals surface area contributed by atoms with Gasteiger partial charge in [0.05, 0.1) is 18.3 Å². The molecule has 0 saturated carbocycles. The molecule has 0 aliphatic heterocycles. The molecule has 2 rings (SSSR count). The lowest BCUT2D eigenvalue weighted by molar-refractivity contribution is -0.143.